The molecule has 150 valence electrons. The molecule has 4 rings (SSSR count). The monoisotopic (exact) mass is 395 g/mol. The Morgan fingerprint density at radius 3 is 2.62 bits per heavy atom. The van der Waals surface area contributed by atoms with Crippen LogP contribution in [0.1, 0.15) is 21.7 Å². The Morgan fingerprint density at radius 1 is 1.00 bits per heavy atom. The van der Waals surface area contributed by atoms with Crippen LogP contribution in [-0.4, -0.2) is 31.8 Å². The zero-order valence-corrected chi connectivity index (χ0v) is 16.2. The summed E-state index contributed by atoms with van der Waals surface area (Å²) in [5.74, 6) is 2.95. The predicted molar refractivity (Wildman–Crippen MR) is 104 cm³/mol. The predicted octanol–water partition coefficient (Wildman–Crippen LogP) is 3.87. The zero-order valence-electron chi connectivity index (χ0n) is 16.2. The van der Waals surface area contributed by atoms with Crippen LogP contribution in [-0.2, 0) is 13.1 Å². The molecule has 2 aromatic carbocycles. The van der Waals surface area contributed by atoms with Gasteiger partial charge in [-0.05, 0) is 42.0 Å². The fourth-order valence-corrected chi connectivity index (χ4v) is 3.20. The van der Waals surface area contributed by atoms with Gasteiger partial charge in [0.25, 0.3) is 5.91 Å². The van der Waals surface area contributed by atoms with Crippen LogP contribution in [0.25, 0.3) is 0 Å². The van der Waals surface area contributed by atoms with E-state index >= 15 is 0 Å². The van der Waals surface area contributed by atoms with Crippen molar-refractivity contribution in [2.24, 2.45) is 0 Å². The lowest BCUT2D eigenvalue weighted by molar-refractivity contribution is 0.0714. The highest BCUT2D eigenvalue weighted by atomic mass is 16.7. The molecule has 29 heavy (non-hydrogen) atoms. The van der Waals surface area contributed by atoms with Crippen molar-refractivity contribution >= 4 is 5.91 Å². The van der Waals surface area contributed by atoms with Gasteiger partial charge in [0, 0.05) is 12.6 Å². The summed E-state index contributed by atoms with van der Waals surface area (Å²) < 4.78 is 26.9. The molecule has 0 atom stereocenters. The lowest BCUT2D eigenvalue weighted by Gasteiger charge is -2.23. The van der Waals surface area contributed by atoms with E-state index in [0.717, 1.165) is 5.56 Å². The van der Waals surface area contributed by atoms with Crippen molar-refractivity contribution in [1.82, 2.24) is 4.90 Å². The van der Waals surface area contributed by atoms with Gasteiger partial charge in [-0.25, -0.2) is 0 Å². The van der Waals surface area contributed by atoms with Crippen LogP contribution in [0.5, 0.6) is 23.0 Å². The Labute approximate surface area is 168 Å². The Hall–Kier alpha value is -3.61. The Balaban J connectivity index is 1.64. The average molecular weight is 395 g/mol. The minimum absolute atomic E-state index is 0.182. The molecule has 3 aromatic rings. The van der Waals surface area contributed by atoms with Gasteiger partial charge < -0.3 is 28.3 Å². The zero-order chi connectivity index (χ0) is 20.2. The smallest absolute Gasteiger partial charge is 0.258 e. The molecular weight excluding hydrogens is 374 g/mol. The number of furan rings is 1. The molecule has 7 nitrogen and oxygen atoms in total. The maximum absolute atomic E-state index is 13.4. The van der Waals surface area contributed by atoms with Gasteiger partial charge in [-0.2, -0.15) is 0 Å². The SMILES string of the molecule is COc1ccc(C(=O)N(Cc2ccc3c(c2)OCO3)Cc2ccco2)c(OC)c1. The number of carbonyl (C=O) groups is 1. The molecule has 0 bridgehead atoms. The molecule has 7 heteroatoms. The molecule has 2 heterocycles. The normalized spacial score (nSPS) is 11.9. The number of rotatable bonds is 7. The lowest BCUT2D eigenvalue weighted by atomic mass is 10.1. The van der Waals surface area contributed by atoms with E-state index in [2.05, 4.69) is 0 Å². The second kappa shape index (κ2) is 8.18. The maximum atomic E-state index is 13.4. The van der Waals surface area contributed by atoms with Gasteiger partial charge in [-0.3, -0.25) is 4.79 Å². The minimum Gasteiger partial charge on any atom is -0.497 e. The molecule has 1 aromatic heterocycles. The highest BCUT2D eigenvalue weighted by molar-refractivity contribution is 5.97. The molecule has 0 saturated carbocycles. The number of hydrogen-bond acceptors (Lipinski definition) is 6. The van der Waals surface area contributed by atoms with Gasteiger partial charge in [0.15, 0.2) is 11.5 Å². The molecule has 1 aliphatic rings. The van der Waals surface area contributed by atoms with Gasteiger partial charge >= 0.3 is 0 Å². The Bertz CT molecular complexity index is 999. The topological polar surface area (TPSA) is 70.4 Å². The van der Waals surface area contributed by atoms with E-state index in [0.29, 0.717) is 47.4 Å². The largest absolute Gasteiger partial charge is 0.497 e. The number of hydrogen-bond donors (Lipinski definition) is 0. The number of benzene rings is 2. The van der Waals surface area contributed by atoms with Gasteiger partial charge in [-0.15, -0.1) is 0 Å². The maximum Gasteiger partial charge on any atom is 0.258 e. The third-order valence-corrected chi connectivity index (χ3v) is 4.66. The number of amides is 1. The summed E-state index contributed by atoms with van der Waals surface area (Å²) in [4.78, 5) is 15.1. The summed E-state index contributed by atoms with van der Waals surface area (Å²) in [6.07, 6.45) is 1.59. The average Bonchev–Trinajstić information content (AvgIpc) is 3.43. The lowest BCUT2D eigenvalue weighted by Crippen LogP contribution is -2.30. The molecule has 0 aliphatic carbocycles. The molecule has 0 spiro atoms. The summed E-state index contributed by atoms with van der Waals surface area (Å²) in [5, 5.41) is 0. The number of nitrogens with zero attached hydrogens (tertiary/aromatic N) is 1. The standard InChI is InChI=1S/C22H21NO6/c1-25-16-6-7-18(20(11-16)26-2)22(24)23(13-17-4-3-9-27-17)12-15-5-8-19-21(10-15)29-14-28-19/h3-11H,12-14H2,1-2H3. The highest BCUT2D eigenvalue weighted by Gasteiger charge is 2.23. The number of carbonyl (C=O) groups excluding carboxylic acids is 1. The second-order valence-electron chi connectivity index (χ2n) is 6.49. The minimum atomic E-state index is -0.182. The van der Waals surface area contributed by atoms with Crippen LogP contribution >= 0.6 is 0 Å². The summed E-state index contributed by atoms with van der Waals surface area (Å²) >= 11 is 0. The van der Waals surface area contributed by atoms with Crippen molar-refractivity contribution in [2.75, 3.05) is 21.0 Å². The first-order valence-electron chi connectivity index (χ1n) is 9.10. The number of fused-ring (bicyclic) bond motifs is 1. The van der Waals surface area contributed by atoms with Crippen LogP contribution in [0.3, 0.4) is 0 Å². The Morgan fingerprint density at radius 2 is 1.86 bits per heavy atom. The van der Waals surface area contributed by atoms with Gasteiger partial charge in [0.2, 0.25) is 6.79 Å². The third kappa shape index (κ3) is 3.99. The molecule has 0 saturated heterocycles. The van der Waals surface area contributed by atoms with Gasteiger partial charge in [0.05, 0.1) is 32.6 Å². The summed E-state index contributed by atoms with van der Waals surface area (Å²) in [6.45, 7) is 0.887. The second-order valence-corrected chi connectivity index (χ2v) is 6.49. The first-order valence-corrected chi connectivity index (χ1v) is 9.10. The van der Waals surface area contributed by atoms with E-state index in [-0.39, 0.29) is 12.7 Å². The summed E-state index contributed by atoms with van der Waals surface area (Å²) in [5.41, 5.74) is 1.36. The van der Waals surface area contributed by atoms with E-state index in [4.69, 9.17) is 23.4 Å². The van der Waals surface area contributed by atoms with Crippen LogP contribution < -0.4 is 18.9 Å². The van der Waals surface area contributed by atoms with E-state index in [1.807, 2.05) is 24.3 Å². The molecule has 0 N–H and O–H groups in total. The summed E-state index contributed by atoms with van der Waals surface area (Å²) in [6, 6.07) is 14.4. The van der Waals surface area contributed by atoms with Crippen LogP contribution in [0.4, 0.5) is 0 Å². The van der Waals surface area contributed by atoms with Crippen molar-refractivity contribution in [3.63, 3.8) is 0 Å². The van der Waals surface area contributed by atoms with Crippen molar-refractivity contribution in [3.8, 4) is 23.0 Å². The van der Waals surface area contributed by atoms with Crippen molar-refractivity contribution in [1.29, 1.82) is 0 Å². The van der Waals surface area contributed by atoms with E-state index < -0.39 is 0 Å². The quantitative estimate of drug-likeness (QED) is 0.605. The van der Waals surface area contributed by atoms with E-state index in [1.54, 1.807) is 42.5 Å². The van der Waals surface area contributed by atoms with Crippen LogP contribution in [0.2, 0.25) is 0 Å². The molecule has 0 unspecified atom stereocenters. The van der Waals surface area contributed by atoms with Gasteiger partial charge in [-0.1, -0.05) is 6.07 Å². The van der Waals surface area contributed by atoms with Crippen molar-refractivity contribution in [3.05, 3.63) is 71.7 Å². The van der Waals surface area contributed by atoms with Gasteiger partial charge in [0.1, 0.15) is 17.3 Å². The number of methoxy groups -OCH3 is 2. The molecular formula is C22H21NO6. The first kappa shape index (κ1) is 18.7. The fourth-order valence-electron chi connectivity index (χ4n) is 3.20. The first-order chi connectivity index (χ1) is 14.2. The molecule has 0 radical (unpaired) electrons. The van der Waals surface area contributed by atoms with Crippen LogP contribution in [0.15, 0.2) is 59.2 Å². The van der Waals surface area contributed by atoms with Crippen molar-refractivity contribution < 1.29 is 28.2 Å². The third-order valence-electron chi connectivity index (χ3n) is 4.66. The van der Waals surface area contributed by atoms with E-state index in [1.165, 1.54) is 7.11 Å². The highest BCUT2D eigenvalue weighted by Crippen LogP contribution is 2.33. The number of ether oxygens (including phenoxy) is 4. The Kier molecular flexibility index (Phi) is 5.29. The van der Waals surface area contributed by atoms with Crippen LogP contribution in [0, 0.1) is 0 Å². The molecule has 1 aliphatic heterocycles. The fraction of sp³-hybridized carbons (Fsp3) is 0.227. The summed E-state index contributed by atoms with van der Waals surface area (Å²) in [7, 11) is 3.10. The molecule has 1 amide bonds. The van der Waals surface area contributed by atoms with E-state index in [9.17, 15) is 4.79 Å². The van der Waals surface area contributed by atoms with Crippen molar-refractivity contribution in [2.45, 2.75) is 13.1 Å². The molecule has 0 fully saturated rings.